The van der Waals surface area contributed by atoms with Crippen LogP contribution in [-0.4, -0.2) is 0 Å². The number of hydrogen-bond acceptors (Lipinski definition) is 2. The van der Waals surface area contributed by atoms with Crippen molar-refractivity contribution < 1.29 is 4.42 Å². The molecule has 0 atom stereocenters. The van der Waals surface area contributed by atoms with Gasteiger partial charge in [-0.1, -0.05) is 119 Å². The first-order valence-corrected chi connectivity index (χ1v) is 16.9. The molecule has 10 rings (SSSR count). The van der Waals surface area contributed by atoms with Crippen LogP contribution < -0.4 is 4.90 Å². The zero-order chi connectivity index (χ0) is 32.4. The van der Waals surface area contributed by atoms with Crippen LogP contribution in [0.5, 0.6) is 0 Å². The van der Waals surface area contributed by atoms with Crippen LogP contribution in [0, 0.1) is 0 Å². The van der Waals surface area contributed by atoms with Crippen molar-refractivity contribution in [1.29, 1.82) is 0 Å². The first kappa shape index (κ1) is 27.5. The van der Waals surface area contributed by atoms with E-state index in [1.807, 2.05) is 6.07 Å². The molecule has 1 aromatic heterocycles. The number of rotatable bonds is 3. The molecule has 2 aliphatic rings. The molecule has 0 spiro atoms. The second-order valence-corrected chi connectivity index (χ2v) is 14.6. The molecule has 2 nitrogen and oxygen atoms in total. The highest BCUT2D eigenvalue weighted by Crippen LogP contribution is 2.53. The Balaban J connectivity index is 1.23. The van der Waals surface area contributed by atoms with Crippen molar-refractivity contribution >= 4 is 49.8 Å². The molecule has 2 aliphatic carbocycles. The normalized spacial score (nSPS) is 15.0. The number of nitrogens with zero attached hydrogens (tertiary/aromatic N) is 1. The Bertz CT molecular complexity index is 2530. The lowest BCUT2D eigenvalue weighted by atomic mass is 9.82. The van der Waals surface area contributed by atoms with E-state index >= 15 is 0 Å². The zero-order valence-electron chi connectivity index (χ0n) is 27.6. The van der Waals surface area contributed by atoms with Gasteiger partial charge in [0.2, 0.25) is 0 Å². The maximum absolute atomic E-state index is 6.44. The minimum Gasteiger partial charge on any atom is -0.456 e. The van der Waals surface area contributed by atoms with Crippen LogP contribution in [0.15, 0.2) is 144 Å². The Morgan fingerprint density at radius 2 is 0.979 bits per heavy atom. The van der Waals surface area contributed by atoms with Crippen LogP contribution in [0.1, 0.15) is 49.9 Å². The SMILES string of the molecule is CC1(C)c2ccccc2-c2ccc(N(c3ccc4c(c3)C(C)(C)c3ccccc3-4)c3cccc4cc5c(cc34)oc3ccccc35)cc21. The van der Waals surface area contributed by atoms with E-state index in [0.717, 1.165) is 44.4 Å². The largest absolute Gasteiger partial charge is 0.456 e. The predicted molar refractivity (Wildman–Crippen MR) is 201 cm³/mol. The first-order chi connectivity index (χ1) is 23.3. The lowest BCUT2D eigenvalue weighted by Crippen LogP contribution is -2.18. The average Bonchev–Trinajstić information content (AvgIpc) is 3.67. The second kappa shape index (κ2) is 9.49. The Kier molecular flexibility index (Phi) is 5.44. The molecule has 2 heteroatoms. The minimum atomic E-state index is -0.103. The summed E-state index contributed by atoms with van der Waals surface area (Å²) in [4.78, 5) is 2.47. The quantitative estimate of drug-likeness (QED) is 0.196. The highest BCUT2D eigenvalue weighted by molar-refractivity contribution is 6.13. The zero-order valence-corrected chi connectivity index (χ0v) is 27.6. The number of furan rings is 1. The second-order valence-electron chi connectivity index (χ2n) is 14.6. The Morgan fingerprint density at radius 1 is 0.417 bits per heavy atom. The fraction of sp³-hybridized carbons (Fsp3) is 0.130. The molecule has 0 radical (unpaired) electrons. The maximum Gasteiger partial charge on any atom is 0.136 e. The third-order valence-electron chi connectivity index (χ3n) is 11.2. The van der Waals surface area contributed by atoms with E-state index in [1.165, 1.54) is 49.9 Å². The standard InChI is InChI=1S/C46H35NO/c1-45(2)38-16-8-5-13-31(38)33-22-20-29(25-40(33)45)47(30-21-23-34-32-14-6-9-17-39(32)46(3,4)41(34)26-30)42-18-11-12-28-24-37-35-15-7-10-19-43(35)48-44(37)27-36(28)42/h5-27H,1-4H3. The van der Waals surface area contributed by atoms with Crippen LogP contribution in [0.2, 0.25) is 0 Å². The van der Waals surface area contributed by atoms with Gasteiger partial charge in [-0.2, -0.15) is 0 Å². The topological polar surface area (TPSA) is 16.4 Å². The Hall–Kier alpha value is -5.60. The number of anilines is 3. The highest BCUT2D eigenvalue weighted by Gasteiger charge is 2.37. The van der Waals surface area contributed by atoms with Gasteiger partial charge < -0.3 is 9.32 Å². The third kappa shape index (κ3) is 3.63. The summed E-state index contributed by atoms with van der Waals surface area (Å²) >= 11 is 0. The lowest BCUT2D eigenvalue weighted by Gasteiger charge is -2.30. The summed E-state index contributed by atoms with van der Waals surface area (Å²) < 4.78 is 6.44. The molecule has 0 saturated carbocycles. The van der Waals surface area contributed by atoms with Gasteiger partial charge in [0.15, 0.2) is 0 Å². The van der Waals surface area contributed by atoms with E-state index in [9.17, 15) is 0 Å². The van der Waals surface area contributed by atoms with Crippen LogP contribution in [-0.2, 0) is 10.8 Å². The van der Waals surface area contributed by atoms with Crippen LogP contribution in [0.25, 0.3) is 55.0 Å². The summed E-state index contributed by atoms with van der Waals surface area (Å²) in [5.74, 6) is 0. The third-order valence-corrected chi connectivity index (χ3v) is 11.2. The monoisotopic (exact) mass is 617 g/mol. The molecule has 0 N–H and O–H groups in total. The van der Waals surface area contributed by atoms with E-state index in [2.05, 4.69) is 166 Å². The summed E-state index contributed by atoms with van der Waals surface area (Å²) in [6.45, 7) is 9.43. The van der Waals surface area contributed by atoms with Crippen LogP contribution in [0.4, 0.5) is 17.1 Å². The van der Waals surface area contributed by atoms with Gasteiger partial charge in [0, 0.05) is 38.4 Å². The van der Waals surface area contributed by atoms with Crippen molar-refractivity contribution in [1.82, 2.24) is 0 Å². The van der Waals surface area contributed by atoms with Gasteiger partial charge >= 0.3 is 0 Å². The highest BCUT2D eigenvalue weighted by atomic mass is 16.3. The number of fused-ring (bicyclic) bond motifs is 10. The predicted octanol–water partition coefficient (Wildman–Crippen LogP) is 12.8. The molecule has 0 saturated heterocycles. The fourth-order valence-corrected chi connectivity index (χ4v) is 8.77. The molecule has 0 amide bonds. The van der Waals surface area contributed by atoms with E-state index in [1.54, 1.807) is 0 Å². The molecule has 0 aliphatic heterocycles. The first-order valence-electron chi connectivity index (χ1n) is 16.9. The number of benzene rings is 7. The molecule has 1 heterocycles. The smallest absolute Gasteiger partial charge is 0.136 e. The molecular formula is C46H35NO. The Morgan fingerprint density at radius 3 is 1.62 bits per heavy atom. The van der Waals surface area contributed by atoms with Gasteiger partial charge in [0.1, 0.15) is 11.2 Å². The molecule has 48 heavy (non-hydrogen) atoms. The van der Waals surface area contributed by atoms with E-state index in [4.69, 9.17) is 4.42 Å². The van der Waals surface area contributed by atoms with Crippen molar-refractivity contribution in [2.45, 2.75) is 38.5 Å². The Labute approximate surface area is 280 Å². The molecule has 0 fully saturated rings. The van der Waals surface area contributed by atoms with Crippen molar-refractivity contribution in [2.75, 3.05) is 4.90 Å². The maximum atomic E-state index is 6.44. The summed E-state index contributed by atoms with van der Waals surface area (Å²) in [5.41, 5.74) is 15.9. The van der Waals surface area contributed by atoms with Gasteiger partial charge in [-0.25, -0.2) is 0 Å². The average molecular weight is 618 g/mol. The van der Waals surface area contributed by atoms with E-state index < -0.39 is 0 Å². The fourth-order valence-electron chi connectivity index (χ4n) is 8.77. The summed E-state index contributed by atoms with van der Waals surface area (Å²) in [6.07, 6.45) is 0. The molecule has 8 aromatic rings. The lowest BCUT2D eigenvalue weighted by molar-refractivity contribution is 0.660. The summed E-state index contributed by atoms with van der Waals surface area (Å²) in [7, 11) is 0. The molecule has 0 bridgehead atoms. The summed E-state index contributed by atoms with van der Waals surface area (Å²) in [5, 5.41) is 4.66. The number of para-hydroxylation sites is 1. The van der Waals surface area contributed by atoms with Crippen molar-refractivity contribution in [3.63, 3.8) is 0 Å². The van der Waals surface area contributed by atoms with Crippen molar-refractivity contribution in [2.24, 2.45) is 0 Å². The molecular weight excluding hydrogens is 583 g/mol. The summed E-state index contributed by atoms with van der Waals surface area (Å²) in [6, 6.07) is 51.5. The van der Waals surface area contributed by atoms with Gasteiger partial charge in [0.05, 0.1) is 5.69 Å². The van der Waals surface area contributed by atoms with Crippen molar-refractivity contribution in [3.05, 3.63) is 162 Å². The molecule has 0 unspecified atom stereocenters. The van der Waals surface area contributed by atoms with Gasteiger partial charge in [-0.15, -0.1) is 0 Å². The van der Waals surface area contributed by atoms with Crippen LogP contribution >= 0.6 is 0 Å². The molecule has 7 aromatic carbocycles. The van der Waals surface area contributed by atoms with Gasteiger partial charge in [-0.05, 0) is 98.4 Å². The molecule has 230 valence electrons. The van der Waals surface area contributed by atoms with Gasteiger partial charge in [0.25, 0.3) is 0 Å². The minimum absolute atomic E-state index is 0.103. The number of hydrogen-bond donors (Lipinski definition) is 0. The van der Waals surface area contributed by atoms with Crippen LogP contribution in [0.3, 0.4) is 0 Å². The van der Waals surface area contributed by atoms with Gasteiger partial charge in [-0.3, -0.25) is 0 Å². The van der Waals surface area contributed by atoms with E-state index in [0.29, 0.717) is 0 Å². The van der Waals surface area contributed by atoms with E-state index in [-0.39, 0.29) is 10.8 Å². The van der Waals surface area contributed by atoms with Crippen molar-refractivity contribution in [3.8, 4) is 22.3 Å².